The van der Waals surface area contributed by atoms with Gasteiger partial charge in [-0.15, -0.1) is 11.3 Å². The van der Waals surface area contributed by atoms with Crippen molar-refractivity contribution < 1.29 is 9.53 Å². The van der Waals surface area contributed by atoms with E-state index < -0.39 is 6.04 Å². The van der Waals surface area contributed by atoms with Gasteiger partial charge in [-0.3, -0.25) is 4.79 Å². The highest BCUT2D eigenvalue weighted by Crippen LogP contribution is 2.27. The molecule has 112 valence electrons. The van der Waals surface area contributed by atoms with Gasteiger partial charge in [0.2, 0.25) is 5.91 Å². The largest absolute Gasteiger partial charge is 0.383 e. The van der Waals surface area contributed by atoms with Crippen LogP contribution >= 0.6 is 11.3 Å². The molecule has 1 aromatic carbocycles. The van der Waals surface area contributed by atoms with Crippen LogP contribution in [-0.4, -0.2) is 30.6 Å². The van der Waals surface area contributed by atoms with Gasteiger partial charge in [-0.2, -0.15) is 0 Å². The van der Waals surface area contributed by atoms with Crippen LogP contribution in [0.1, 0.15) is 11.1 Å². The fourth-order valence-corrected chi connectivity index (χ4v) is 2.72. The first kappa shape index (κ1) is 15.6. The standard InChI is InChI=1S/C15H19N3O2S/c1-9-4-5-11(10(2)6-9)13-8-21-15(17-13)18-14(19)12(16)7-20-3/h4-6,8,12H,7,16H2,1-3H3,(H,17,18,19). The maximum absolute atomic E-state index is 11.8. The lowest BCUT2D eigenvalue weighted by atomic mass is 10.0. The first-order valence-electron chi connectivity index (χ1n) is 6.60. The summed E-state index contributed by atoms with van der Waals surface area (Å²) >= 11 is 1.38. The third-order valence-electron chi connectivity index (χ3n) is 3.08. The molecule has 0 saturated carbocycles. The van der Waals surface area contributed by atoms with Gasteiger partial charge in [-0.25, -0.2) is 4.98 Å². The molecule has 0 aliphatic heterocycles. The molecular formula is C15H19N3O2S. The molecule has 1 heterocycles. The average Bonchev–Trinajstić information content (AvgIpc) is 2.87. The molecule has 2 aromatic rings. The van der Waals surface area contributed by atoms with Crippen LogP contribution in [0.15, 0.2) is 23.6 Å². The number of benzene rings is 1. The van der Waals surface area contributed by atoms with E-state index in [0.717, 1.165) is 16.8 Å². The Labute approximate surface area is 128 Å². The molecule has 0 spiro atoms. The van der Waals surface area contributed by atoms with E-state index in [0.29, 0.717) is 5.13 Å². The zero-order valence-corrected chi connectivity index (χ0v) is 13.2. The Morgan fingerprint density at radius 1 is 1.48 bits per heavy atom. The summed E-state index contributed by atoms with van der Waals surface area (Å²) in [6.45, 7) is 4.29. The van der Waals surface area contributed by atoms with E-state index in [2.05, 4.69) is 36.3 Å². The van der Waals surface area contributed by atoms with Crippen LogP contribution in [0.5, 0.6) is 0 Å². The second-order valence-electron chi connectivity index (χ2n) is 4.91. The van der Waals surface area contributed by atoms with E-state index in [-0.39, 0.29) is 12.5 Å². The molecule has 21 heavy (non-hydrogen) atoms. The molecule has 1 unspecified atom stereocenters. The van der Waals surface area contributed by atoms with Gasteiger partial charge in [0.1, 0.15) is 6.04 Å². The minimum atomic E-state index is -0.691. The van der Waals surface area contributed by atoms with Gasteiger partial charge >= 0.3 is 0 Å². The van der Waals surface area contributed by atoms with Crippen molar-refractivity contribution in [3.63, 3.8) is 0 Å². The zero-order chi connectivity index (χ0) is 15.4. The monoisotopic (exact) mass is 305 g/mol. The van der Waals surface area contributed by atoms with Crippen molar-refractivity contribution in [3.05, 3.63) is 34.7 Å². The lowest BCUT2D eigenvalue weighted by Crippen LogP contribution is -2.39. The molecule has 0 bridgehead atoms. The molecule has 5 nitrogen and oxygen atoms in total. The number of aromatic nitrogens is 1. The van der Waals surface area contributed by atoms with Crippen LogP contribution in [0.3, 0.4) is 0 Å². The van der Waals surface area contributed by atoms with Crippen LogP contribution in [0.25, 0.3) is 11.3 Å². The van der Waals surface area contributed by atoms with Crippen molar-refractivity contribution in [2.75, 3.05) is 19.0 Å². The summed E-state index contributed by atoms with van der Waals surface area (Å²) < 4.78 is 4.86. The second-order valence-corrected chi connectivity index (χ2v) is 5.77. The first-order chi connectivity index (χ1) is 10.0. The Morgan fingerprint density at radius 2 is 2.24 bits per heavy atom. The number of nitrogens with two attached hydrogens (primary N) is 1. The summed E-state index contributed by atoms with van der Waals surface area (Å²) in [6.07, 6.45) is 0. The fourth-order valence-electron chi connectivity index (χ4n) is 2.01. The number of anilines is 1. The van der Waals surface area contributed by atoms with Gasteiger partial charge < -0.3 is 15.8 Å². The summed E-state index contributed by atoms with van der Waals surface area (Å²) in [4.78, 5) is 16.3. The number of hydrogen-bond acceptors (Lipinski definition) is 5. The number of rotatable bonds is 5. The Bertz CT molecular complexity index is 640. The highest BCUT2D eigenvalue weighted by molar-refractivity contribution is 7.14. The van der Waals surface area contributed by atoms with Crippen molar-refractivity contribution in [3.8, 4) is 11.3 Å². The molecule has 2 rings (SSSR count). The normalized spacial score (nSPS) is 12.2. The van der Waals surface area contributed by atoms with Crippen molar-refractivity contribution in [2.24, 2.45) is 5.73 Å². The van der Waals surface area contributed by atoms with Crippen molar-refractivity contribution in [1.29, 1.82) is 0 Å². The minimum absolute atomic E-state index is 0.182. The lowest BCUT2D eigenvalue weighted by Gasteiger charge is -2.09. The quantitative estimate of drug-likeness (QED) is 0.889. The number of amides is 1. The summed E-state index contributed by atoms with van der Waals surface area (Å²) in [6, 6.07) is 5.51. The van der Waals surface area contributed by atoms with E-state index in [9.17, 15) is 4.79 Å². The molecule has 0 saturated heterocycles. The van der Waals surface area contributed by atoms with E-state index >= 15 is 0 Å². The highest BCUT2D eigenvalue weighted by Gasteiger charge is 2.15. The molecule has 1 aromatic heterocycles. The molecule has 0 aliphatic rings. The smallest absolute Gasteiger partial charge is 0.245 e. The maximum atomic E-state index is 11.8. The van der Waals surface area contributed by atoms with E-state index in [1.807, 2.05) is 11.4 Å². The lowest BCUT2D eigenvalue weighted by molar-refractivity contribution is -0.118. The van der Waals surface area contributed by atoms with Crippen molar-refractivity contribution in [2.45, 2.75) is 19.9 Å². The predicted molar refractivity (Wildman–Crippen MR) is 85.5 cm³/mol. The van der Waals surface area contributed by atoms with Gasteiger partial charge in [-0.05, 0) is 19.4 Å². The van der Waals surface area contributed by atoms with Crippen LogP contribution in [-0.2, 0) is 9.53 Å². The molecule has 3 N–H and O–H groups in total. The molecule has 1 atom stereocenters. The highest BCUT2D eigenvalue weighted by atomic mass is 32.1. The Balaban J connectivity index is 2.13. The van der Waals surface area contributed by atoms with Gasteiger partial charge in [0.05, 0.1) is 12.3 Å². The van der Waals surface area contributed by atoms with Crippen LogP contribution in [0.2, 0.25) is 0 Å². The summed E-state index contributed by atoms with van der Waals surface area (Å²) in [5, 5.41) is 5.18. The number of carbonyl (C=O) groups is 1. The van der Waals surface area contributed by atoms with Crippen molar-refractivity contribution >= 4 is 22.4 Å². The zero-order valence-electron chi connectivity index (χ0n) is 12.3. The number of ether oxygens (including phenoxy) is 1. The van der Waals surface area contributed by atoms with Crippen LogP contribution in [0, 0.1) is 13.8 Å². The molecule has 0 radical (unpaired) electrons. The van der Waals surface area contributed by atoms with Crippen LogP contribution in [0.4, 0.5) is 5.13 Å². The minimum Gasteiger partial charge on any atom is -0.383 e. The Morgan fingerprint density at radius 3 is 2.90 bits per heavy atom. The third kappa shape index (κ3) is 3.87. The second kappa shape index (κ2) is 6.80. The SMILES string of the molecule is COCC(N)C(=O)Nc1nc(-c2ccc(C)cc2C)cs1. The molecule has 1 amide bonds. The third-order valence-corrected chi connectivity index (χ3v) is 3.83. The molecule has 0 aliphatic carbocycles. The van der Waals surface area contributed by atoms with E-state index in [4.69, 9.17) is 10.5 Å². The number of nitrogens with one attached hydrogen (secondary N) is 1. The molecule has 0 fully saturated rings. The maximum Gasteiger partial charge on any atom is 0.245 e. The number of aryl methyl sites for hydroxylation is 2. The number of hydrogen-bond donors (Lipinski definition) is 2. The molecule has 6 heteroatoms. The van der Waals surface area contributed by atoms with Crippen LogP contribution < -0.4 is 11.1 Å². The summed E-state index contributed by atoms with van der Waals surface area (Å²) in [5.41, 5.74) is 9.97. The number of methoxy groups -OCH3 is 1. The van der Waals surface area contributed by atoms with Gasteiger partial charge in [0.25, 0.3) is 0 Å². The fraction of sp³-hybridized carbons (Fsp3) is 0.333. The Kier molecular flexibility index (Phi) is 5.06. The molecular weight excluding hydrogens is 286 g/mol. The number of thiazole rings is 1. The van der Waals surface area contributed by atoms with E-state index in [1.54, 1.807) is 0 Å². The van der Waals surface area contributed by atoms with Gasteiger partial charge in [0, 0.05) is 18.1 Å². The summed E-state index contributed by atoms with van der Waals surface area (Å²) in [5.74, 6) is -0.293. The average molecular weight is 305 g/mol. The summed E-state index contributed by atoms with van der Waals surface area (Å²) in [7, 11) is 1.51. The predicted octanol–water partition coefficient (Wildman–Crippen LogP) is 2.34. The number of carbonyl (C=O) groups excluding carboxylic acids is 1. The van der Waals surface area contributed by atoms with Crippen molar-refractivity contribution in [1.82, 2.24) is 4.98 Å². The van der Waals surface area contributed by atoms with Gasteiger partial charge in [0.15, 0.2) is 5.13 Å². The van der Waals surface area contributed by atoms with E-state index in [1.165, 1.54) is 24.0 Å². The topological polar surface area (TPSA) is 77.2 Å². The van der Waals surface area contributed by atoms with Gasteiger partial charge in [-0.1, -0.05) is 23.8 Å². The first-order valence-corrected chi connectivity index (χ1v) is 7.47. The Hall–Kier alpha value is -1.76. The number of nitrogens with zero attached hydrogens (tertiary/aromatic N) is 1.